The summed E-state index contributed by atoms with van der Waals surface area (Å²) in [4.78, 5) is 1.97. The molecule has 0 radical (unpaired) electrons. The number of nitrogens with zero attached hydrogens (tertiary/aromatic N) is 3. The molecule has 0 spiro atoms. The van der Waals surface area contributed by atoms with Gasteiger partial charge in [0.05, 0.1) is 6.34 Å². The van der Waals surface area contributed by atoms with Gasteiger partial charge in [0.1, 0.15) is 6.34 Å². The SMILES string of the molecule is CCP(=S)(/N=C/N(C)C)N1CCCC1. The Morgan fingerprint density at radius 1 is 1.43 bits per heavy atom. The molecular formula is C9H20N3PS. The maximum Gasteiger partial charge on any atom is 0.121 e. The monoisotopic (exact) mass is 233 g/mol. The van der Waals surface area contributed by atoms with Gasteiger partial charge in [-0.15, -0.1) is 0 Å². The Morgan fingerprint density at radius 2 is 2.00 bits per heavy atom. The molecule has 1 atom stereocenters. The maximum atomic E-state index is 5.69. The number of rotatable bonds is 4. The Balaban J connectivity index is 2.69. The van der Waals surface area contributed by atoms with E-state index in [1.807, 2.05) is 25.3 Å². The minimum atomic E-state index is -1.61. The summed E-state index contributed by atoms with van der Waals surface area (Å²) in [6.07, 6.45) is 3.85. The Kier molecular flexibility index (Phi) is 4.55. The van der Waals surface area contributed by atoms with Crippen molar-refractivity contribution in [2.45, 2.75) is 19.8 Å². The van der Waals surface area contributed by atoms with Crippen molar-refractivity contribution in [1.29, 1.82) is 0 Å². The summed E-state index contributed by atoms with van der Waals surface area (Å²) in [6.45, 7) is 4.46. The Labute approximate surface area is 92.3 Å². The van der Waals surface area contributed by atoms with Crippen LogP contribution in [0.2, 0.25) is 0 Å². The highest BCUT2D eigenvalue weighted by molar-refractivity contribution is 8.12. The fraction of sp³-hybridized carbons (Fsp3) is 0.889. The van der Waals surface area contributed by atoms with E-state index in [1.54, 1.807) is 0 Å². The summed E-state index contributed by atoms with van der Waals surface area (Å²) >= 11 is 5.69. The Bertz CT molecular complexity index is 246. The second kappa shape index (κ2) is 5.24. The first-order valence-corrected chi connectivity index (χ1v) is 8.04. The third-order valence-electron chi connectivity index (χ3n) is 2.40. The van der Waals surface area contributed by atoms with Crippen LogP contribution in [-0.4, -0.2) is 49.3 Å². The van der Waals surface area contributed by atoms with E-state index < -0.39 is 6.34 Å². The molecule has 1 saturated heterocycles. The zero-order valence-corrected chi connectivity index (χ0v) is 11.0. The van der Waals surface area contributed by atoms with Crippen LogP contribution >= 0.6 is 6.34 Å². The molecule has 1 aliphatic heterocycles. The normalized spacial score (nSPS) is 22.8. The fourth-order valence-corrected chi connectivity index (χ4v) is 4.15. The lowest BCUT2D eigenvalue weighted by Crippen LogP contribution is -2.17. The summed E-state index contributed by atoms with van der Waals surface area (Å²) in [7, 11) is 3.98. The van der Waals surface area contributed by atoms with E-state index in [1.165, 1.54) is 12.8 Å². The highest BCUT2D eigenvalue weighted by atomic mass is 32.4. The smallest absolute Gasteiger partial charge is 0.121 e. The molecule has 0 aromatic carbocycles. The van der Waals surface area contributed by atoms with Gasteiger partial charge in [-0.1, -0.05) is 18.7 Å². The van der Waals surface area contributed by atoms with Gasteiger partial charge in [-0.05, 0) is 12.8 Å². The molecule has 0 N–H and O–H groups in total. The lowest BCUT2D eigenvalue weighted by Gasteiger charge is -2.26. The van der Waals surface area contributed by atoms with Crippen LogP contribution in [0.4, 0.5) is 0 Å². The third-order valence-corrected chi connectivity index (χ3v) is 6.72. The third kappa shape index (κ3) is 3.04. The van der Waals surface area contributed by atoms with Gasteiger partial charge < -0.3 is 4.90 Å². The minimum Gasteiger partial charge on any atom is -0.369 e. The fourth-order valence-electron chi connectivity index (χ4n) is 1.55. The molecule has 1 unspecified atom stereocenters. The lowest BCUT2D eigenvalue weighted by molar-refractivity contribution is 0.562. The standard InChI is InChI=1S/C9H20N3PS/c1-4-13(14,10-9-11(2)3)12-7-5-6-8-12/h9H,4-8H2,1-3H3/b10-9+. The molecule has 5 heteroatoms. The molecule has 3 nitrogen and oxygen atoms in total. The highest BCUT2D eigenvalue weighted by Crippen LogP contribution is 2.52. The van der Waals surface area contributed by atoms with Crippen LogP contribution in [0.1, 0.15) is 19.8 Å². The average Bonchev–Trinajstić information content (AvgIpc) is 2.67. The summed E-state index contributed by atoms with van der Waals surface area (Å²) in [6, 6.07) is 0. The molecule has 0 aliphatic carbocycles. The predicted octanol–water partition coefficient (Wildman–Crippen LogP) is 2.00. The zero-order valence-electron chi connectivity index (χ0n) is 9.31. The van der Waals surface area contributed by atoms with Gasteiger partial charge in [0.15, 0.2) is 0 Å². The van der Waals surface area contributed by atoms with E-state index in [9.17, 15) is 0 Å². The van der Waals surface area contributed by atoms with E-state index in [4.69, 9.17) is 11.8 Å². The summed E-state index contributed by atoms with van der Waals surface area (Å²) in [5.41, 5.74) is 0. The van der Waals surface area contributed by atoms with Crippen molar-refractivity contribution in [2.24, 2.45) is 4.76 Å². The van der Waals surface area contributed by atoms with Crippen molar-refractivity contribution >= 4 is 24.5 Å². The van der Waals surface area contributed by atoms with Crippen molar-refractivity contribution in [3.8, 4) is 0 Å². The van der Waals surface area contributed by atoms with E-state index >= 15 is 0 Å². The second-order valence-corrected chi connectivity index (χ2v) is 8.35. The van der Waals surface area contributed by atoms with Crippen LogP contribution in [-0.2, 0) is 11.8 Å². The van der Waals surface area contributed by atoms with E-state index in [0.717, 1.165) is 19.3 Å². The van der Waals surface area contributed by atoms with Crippen LogP contribution in [0.5, 0.6) is 0 Å². The van der Waals surface area contributed by atoms with E-state index in [0.29, 0.717) is 0 Å². The van der Waals surface area contributed by atoms with E-state index in [2.05, 4.69) is 16.4 Å². The van der Waals surface area contributed by atoms with Crippen molar-refractivity contribution in [3.05, 3.63) is 0 Å². The first-order chi connectivity index (χ1) is 6.58. The van der Waals surface area contributed by atoms with Gasteiger partial charge in [-0.3, -0.25) is 4.67 Å². The second-order valence-electron chi connectivity index (χ2n) is 3.84. The van der Waals surface area contributed by atoms with Crippen molar-refractivity contribution in [1.82, 2.24) is 9.57 Å². The number of hydrogen-bond acceptors (Lipinski definition) is 1. The minimum absolute atomic E-state index is 1.01. The van der Waals surface area contributed by atoms with Gasteiger partial charge >= 0.3 is 0 Å². The number of hydrogen-bond donors (Lipinski definition) is 0. The van der Waals surface area contributed by atoms with Crippen molar-refractivity contribution in [3.63, 3.8) is 0 Å². The molecule has 1 fully saturated rings. The molecule has 1 rings (SSSR count). The lowest BCUT2D eigenvalue weighted by atomic mass is 10.4. The first kappa shape index (κ1) is 12.2. The van der Waals surface area contributed by atoms with Crippen LogP contribution in [0, 0.1) is 0 Å². The summed E-state index contributed by atoms with van der Waals surface area (Å²) in [5.74, 6) is 0. The van der Waals surface area contributed by atoms with Crippen LogP contribution < -0.4 is 0 Å². The molecule has 82 valence electrons. The first-order valence-electron chi connectivity index (χ1n) is 5.15. The Hall–Kier alpha value is 0.0800. The molecule has 0 saturated carbocycles. The molecule has 0 bridgehead atoms. The van der Waals surface area contributed by atoms with E-state index in [-0.39, 0.29) is 0 Å². The van der Waals surface area contributed by atoms with Crippen LogP contribution in [0.25, 0.3) is 0 Å². The van der Waals surface area contributed by atoms with Crippen molar-refractivity contribution < 1.29 is 0 Å². The molecular weight excluding hydrogens is 213 g/mol. The van der Waals surface area contributed by atoms with Gasteiger partial charge in [-0.2, -0.15) is 0 Å². The van der Waals surface area contributed by atoms with Gasteiger partial charge in [0.2, 0.25) is 0 Å². The van der Waals surface area contributed by atoms with Gasteiger partial charge in [-0.25, -0.2) is 4.76 Å². The highest BCUT2D eigenvalue weighted by Gasteiger charge is 2.25. The topological polar surface area (TPSA) is 18.8 Å². The molecule has 1 aliphatic rings. The van der Waals surface area contributed by atoms with Gasteiger partial charge in [0.25, 0.3) is 0 Å². The van der Waals surface area contributed by atoms with Crippen LogP contribution in [0.15, 0.2) is 4.76 Å². The summed E-state index contributed by atoms with van der Waals surface area (Å²) < 4.78 is 7.03. The average molecular weight is 233 g/mol. The van der Waals surface area contributed by atoms with Gasteiger partial charge in [0, 0.05) is 33.3 Å². The molecule has 14 heavy (non-hydrogen) atoms. The molecule has 1 heterocycles. The Morgan fingerprint density at radius 3 is 2.43 bits per heavy atom. The molecule has 0 amide bonds. The quantitative estimate of drug-likeness (QED) is 0.420. The maximum absolute atomic E-state index is 5.69. The zero-order chi connectivity index (χ0) is 10.6. The molecule has 0 aromatic heterocycles. The van der Waals surface area contributed by atoms with Crippen molar-refractivity contribution in [2.75, 3.05) is 33.3 Å². The predicted molar refractivity (Wildman–Crippen MR) is 67.8 cm³/mol. The van der Waals surface area contributed by atoms with Crippen LogP contribution in [0.3, 0.4) is 0 Å². The summed E-state index contributed by atoms with van der Waals surface area (Å²) in [5, 5.41) is 0. The molecule has 0 aromatic rings. The largest absolute Gasteiger partial charge is 0.369 e.